The van der Waals surface area contributed by atoms with Gasteiger partial charge >= 0.3 is 0 Å². The minimum atomic E-state index is -0.238. The Bertz CT molecular complexity index is 380. The van der Waals surface area contributed by atoms with E-state index < -0.39 is 0 Å². The molecule has 74 valence electrons. The molecule has 0 aromatic heterocycles. The van der Waals surface area contributed by atoms with Gasteiger partial charge in [-0.25, -0.2) is 4.39 Å². The predicted octanol–water partition coefficient (Wildman–Crippen LogP) is 2.38. The summed E-state index contributed by atoms with van der Waals surface area (Å²) in [6.07, 6.45) is 1.19. The van der Waals surface area contributed by atoms with Crippen LogP contribution in [0.25, 0.3) is 0 Å². The average Bonchev–Trinajstić information content (AvgIpc) is 2.56. The van der Waals surface area contributed by atoms with Gasteiger partial charge in [0.05, 0.1) is 6.04 Å². The smallest absolute Gasteiger partial charge is 0.220 e. The van der Waals surface area contributed by atoms with E-state index in [4.69, 9.17) is 0 Å². The second-order valence-electron chi connectivity index (χ2n) is 3.32. The molecule has 1 aromatic carbocycles. The molecule has 0 saturated carbocycles. The third kappa shape index (κ3) is 1.89. The van der Waals surface area contributed by atoms with E-state index in [2.05, 4.69) is 27.9 Å². The molecular weight excluding hydrogens is 296 g/mol. The van der Waals surface area contributed by atoms with Crippen molar-refractivity contribution in [2.45, 2.75) is 18.9 Å². The van der Waals surface area contributed by atoms with Crippen LogP contribution in [-0.2, 0) is 4.79 Å². The Kier molecular flexibility index (Phi) is 2.71. The zero-order valence-corrected chi connectivity index (χ0v) is 9.55. The maximum atomic E-state index is 13.4. The molecule has 1 atom stereocenters. The monoisotopic (exact) mass is 305 g/mol. The molecule has 1 aromatic rings. The first-order valence-corrected chi connectivity index (χ1v) is 5.49. The summed E-state index contributed by atoms with van der Waals surface area (Å²) in [4.78, 5) is 11.0. The van der Waals surface area contributed by atoms with Gasteiger partial charge in [0.2, 0.25) is 5.91 Å². The molecule has 0 unspecified atom stereocenters. The van der Waals surface area contributed by atoms with Crippen LogP contribution in [0.3, 0.4) is 0 Å². The molecule has 0 spiro atoms. The molecule has 1 fully saturated rings. The maximum absolute atomic E-state index is 13.4. The second kappa shape index (κ2) is 3.84. The average molecular weight is 305 g/mol. The molecular formula is C10H9FINO. The quantitative estimate of drug-likeness (QED) is 0.793. The van der Waals surface area contributed by atoms with Crippen molar-refractivity contribution in [1.29, 1.82) is 0 Å². The largest absolute Gasteiger partial charge is 0.349 e. The number of nitrogens with one attached hydrogen (secondary N) is 1. The molecule has 1 aliphatic rings. The van der Waals surface area contributed by atoms with Gasteiger partial charge in [0.1, 0.15) is 5.82 Å². The minimum absolute atomic E-state index is 0.00765. The zero-order valence-electron chi connectivity index (χ0n) is 7.39. The fraction of sp³-hybridized carbons (Fsp3) is 0.300. The maximum Gasteiger partial charge on any atom is 0.220 e. The first-order valence-electron chi connectivity index (χ1n) is 4.41. The van der Waals surface area contributed by atoms with Crippen molar-refractivity contribution in [3.8, 4) is 0 Å². The summed E-state index contributed by atoms with van der Waals surface area (Å²) in [5.74, 6) is -0.231. The molecule has 0 aliphatic carbocycles. The van der Waals surface area contributed by atoms with Gasteiger partial charge in [0, 0.05) is 15.6 Å². The van der Waals surface area contributed by atoms with Gasteiger partial charge in [-0.1, -0.05) is 0 Å². The Hall–Kier alpha value is -0.650. The van der Waals surface area contributed by atoms with Crippen LogP contribution in [0.2, 0.25) is 0 Å². The SMILES string of the molecule is O=C1CC[C@H](c2cc(I)ccc2F)N1. The fourth-order valence-corrected chi connectivity index (χ4v) is 2.14. The summed E-state index contributed by atoms with van der Waals surface area (Å²) >= 11 is 2.13. The molecule has 14 heavy (non-hydrogen) atoms. The number of halogens is 2. The first-order chi connectivity index (χ1) is 6.66. The lowest BCUT2D eigenvalue weighted by Gasteiger charge is -2.11. The van der Waals surface area contributed by atoms with Crippen LogP contribution in [0, 0.1) is 9.39 Å². The van der Waals surface area contributed by atoms with E-state index in [1.807, 2.05) is 0 Å². The molecule has 1 amide bonds. The molecule has 1 heterocycles. The van der Waals surface area contributed by atoms with Gasteiger partial charge in [-0.15, -0.1) is 0 Å². The standard InChI is InChI=1S/C10H9FINO/c11-8-2-1-6(12)5-7(8)9-3-4-10(14)13-9/h1-2,5,9H,3-4H2,(H,13,14)/t9-/m1/s1. The summed E-state index contributed by atoms with van der Waals surface area (Å²) in [5, 5.41) is 2.76. The van der Waals surface area contributed by atoms with Crippen molar-refractivity contribution in [3.63, 3.8) is 0 Å². The predicted molar refractivity (Wildman–Crippen MR) is 59.2 cm³/mol. The number of rotatable bonds is 1. The van der Waals surface area contributed by atoms with Crippen LogP contribution in [0.15, 0.2) is 18.2 Å². The Balaban J connectivity index is 2.31. The van der Waals surface area contributed by atoms with E-state index in [1.54, 1.807) is 12.1 Å². The van der Waals surface area contributed by atoms with Crippen molar-refractivity contribution in [1.82, 2.24) is 5.32 Å². The Morgan fingerprint density at radius 1 is 1.50 bits per heavy atom. The third-order valence-electron chi connectivity index (χ3n) is 2.33. The minimum Gasteiger partial charge on any atom is -0.349 e. The van der Waals surface area contributed by atoms with Crippen molar-refractivity contribution >= 4 is 28.5 Å². The summed E-state index contributed by atoms with van der Waals surface area (Å²) in [6.45, 7) is 0. The molecule has 4 heteroatoms. The van der Waals surface area contributed by atoms with Crippen LogP contribution >= 0.6 is 22.6 Å². The topological polar surface area (TPSA) is 29.1 Å². The van der Waals surface area contributed by atoms with Crippen molar-refractivity contribution in [2.75, 3.05) is 0 Å². The number of hydrogen-bond acceptors (Lipinski definition) is 1. The van der Waals surface area contributed by atoms with Gasteiger partial charge in [-0.2, -0.15) is 0 Å². The van der Waals surface area contributed by atoms with E-state index in [0.29, 0.717) is 18.4 Å². The van der Waals surface area contributed by atoms with Crippen molar-refractivity contribution < 1.29 is 9.18 Å². The number of amides is 1. The molecule has 1 saturated heterocycles. The Morgan fingerprint density at radius 3 is 2.93 bits per heavy atom. The van der Waals surface area contributed by atoms with Gasteiger partial charge in [-0.3, -0.25) is 4.79 Å². The van der Waals surface area contributed by atoms with Gasteiger partial charge in [0.15, 0.2) is 0 Å². The molecule has 2 nitrogen and oxygen atoms in total. The van der Waals surface area contributed by atoms with E-state index in [0.717, 1.165) is 3.57 Å². The summed E-state index contributed by atoms with van der Waals surface area (Å²) in [7, 11) is 0. The summed E-state index contributed by atoms with van der Waals surface area (Å²) in [6, 6.07) is 4.81. The van der Waals surface area contributed by atoms with Gasteiger partial charge < -0.3 is 5.32 Å². The van der Waals surface area contributed by atoms with Gasteiger partial charge in [-0.05, 0) is 47.2 Å². The number of carbonyl (C=O) groups excluding carboxylic acids is 1. The molecule has 1 N–H and O–H groups in total. The summed E-state index contributed by atoms with van der Waals surface area (Å²) < 4.78 is 14.4. The number of benzene rings is 1. The highest BCUT2D eigenvalue weighted by Crippen LogP contribution is 2.27. The molecule has 0 radical (unpaired) electrons. The Labute approximate surface area is 95.0 Å². The van der Waals surface area contributed by atoms with E-state index in [9.17, 15) is 9.18 Å². The fourth-order valence-electron chi connectivity index (χ4n) is 1.63. The third-order valence-corrected chi connectivity index (χ3v) is 3.00. The Morgan fingerprint density at radius 2 is 2.29 bits per heavy atom. The summed E-state index contributed by atoms with van der Waals surface area (Å²) in [5.41, 5.74) is 0.600. The van der Waals surface area contributed by atoms with Crippen LogP contribution < -0.4 is 5.32 Å². The van der Waals surface area contributed by atoms with Gasteiger partial charge in [0.25, 0.3) is 0 Å². The zero-order chi connectivity index (χ0) is 10.1. The van der Waals surface area contributed by atoms with E-state index in [-0.39, 0.29) is 17.8 Å². The molecule has 1 aliphatic heterocycles. The lowest BCUT2D eigenvalue weighted by atomic mass is 10.1. The second-order valence-corrected chi connectivity index (χ2v) is 4.57. The highest BCUT2D eigenvalue weighted by Gasteiger charge is 2.24. The van der Waals surface area contributed by atoms with Crippen LogP contribution in [0.1, 0.15) is 24.4 Å². The highest BCUT2D eigenvalue weighted by molar-refractivity contribution is 14.1. The van der Waals surface area contributed by atoms with Crippen molar-refractivity contribution in [2.24, 2.45) is 0 Å². The van der Waals surface area contributed by atoms with E-state index >= 15 is 0 Å². The van der Waals surface area contributed by atoms with Crippen molar-refractivity contribution in [3.05, 3.63) is 33.1 Å². The van der Waals surface area contributed by atoms with Crippen LogP contribution in [0.5, 0.6) is 0 Å². The molecule has 0 bridgehead atoms. The number of hydrogen-bond donors (Lipinski definition) is 1. The lowest BCUT2D eigenvalue weighted by Crippen LogP contribution is -2.19. The molecule has 2 rings (SSSR count). The normalized spacial score (nSPS) is 21.0. The van der Waals surface area contributed by atoms with Crippen LogP contribution in [0.4, 0.5) is 4.39 Å². The first kappa shape index (κ1) is 9.89. The van der Waals surface area contributed by atoms with Crippen LogP contribution in [-0.4, -0.2) is 5.91 Å². The lowest BCUT2D eigenvalue weighted by molar-refractivity contribution is -0.119. The highest BCUT2D eigenvalue weighted by atomic mass is 127. The van der Waals surface area contributed by atoms with E-state index in [1.165, 1.54) is 6.07 Å². The number of carbonyl (C=O) groups is 1.